The minimum absolute atomic E-state index is 0.273. The molecular formula is C12H9NO3. The standard InChI is InChI=1S/C12H9NO3/c1-8(14)11(12(15)16)6-9-2-4-10(7-13)5-3-9/h2-6H,1H3,(H,15,16). The van der Waals surface area contributed by atoms with E-state index < -0.39 is 11.8 Å². The molecule has 0 aliphatic rings. The van der Waals surface area contributed by atoms with Gasteiger partial charge in [-0.3, -0.25) is 4.79 Å². The van der Waals surface area contributed by atoms with E-state index in [-0.39, 0.29) is 5.57 Å². The van der Waals surface area contributed by atoms with Gasteiger partial charge < -0.3 is 5.11 Å². The fraction of sp³-hybridized carbons (Fsp3) is 0.0833. The van der Waals surface area contributed by atoms with Crippen molar-refractivity contribution in [2.24, 2.45) is 0 Å². The highest BCUT2D eigenvalue weighted by Gasteiger charge is 2.12. The van der Waals surface area contributed by atoms with E-state index in [9.17, 15) is 9.59 Å². The summed E-state index contributed by atoms with van der Waals surface area (Å²) in [5.41, 5.74) is 0.785. The van der Waals surface area contributed by atoms with E-state index in [1.54, 1.807) is 24.3 Å². The first kappa shape index (κ1) is 11.7. The van der Waals surface area contributed by atoms with Crippen LogP contribution in [0.2, 0.25) is 0 Å². The molecule has 0 fully saturated rings. The molecule has 80 valence electrons. The van der Waals surface area contributed by atoms with Crippen molar-refractivity contribution >= 4 is 17.8 Å². The Labute approximate surface area is 92.4 Å². The summed E-state index contributed by atoms with van der Waals surface area (Å²) in [4.78, 5) is 21.7. The minimum Gasteiger partial charge on any atom is -0.478 e. The fourth-order valence-electron chi connectivity index (χ4n) is 1.13. The predicted molar refractivity (Wildman–Crippen MR) is 57.5 cm³/mol. The molecule has 0 atom stereocenters. The minimum atomic E-state index is -1.25. The van der Waals surface area contributed by atoms with Gasteiger partial charge in [-0.05, 0) is 30.7 Å². The summed E-state index contributed by atoms with van der Waals surface area (Å²) in [6, 6.07) is 8.25. The summed E-state index contributed by atoms with van der Waals surface area (Å²) in [5, 5.41) is 17.3. The van der Waals surface area contributed by atoms with E-state index in [0.717, 1.165) is 0 Å². The summed E-state index contributed by atoms with van der Waals surface area (Å²) >= 11 is 0. The second kappa shape index (κ2) is 4.89. The Bertz CT molecular complexity index is 476. The van der Waals surface area contributed by atoms with Crippen LogP contribution in [-0.4, -0.2) is 16.9 Å². The zero-order valence-electron chi connectivity index (χ0n) is 8.60. The van der Waals surface area contributed by atoms with E-state index in [4.69, 9.17) is 10.4 Å². The maximum absolute atomic E-state index is 11.0. The lowest BCUT2D eigenvalue weighted by molar-refractivity contribution is -0.134. The van der Waals surface area contributed by atoms with Gasteiger partial charge in [-0.1, -0.05) is 12.1 Å². The third kappa shape index (κ3) is 2.79. The molecule has 1 aromatic rings. The summed E-state index contributed by atoms with van der Waals surface area (Å²) in [6.07, 6.45) is 1.28. The van der Waals surface area contributed by atoms with Crippen LogP contribution >= 0.6 is 0 Å². The Morgan fingerprint density at radius 3 is 2.25 bits per heavy atom. The van der Waals surface area contributed by atoms with Crippen LogP contribution in [0, 0.1) is 11.3 Å². The largest absolute Gasteiger partial charge is 0.478 e. The summed E-state index contributed by atoms with van der Waals surface area (Å²) < 4.78 is 0. The topological polar surface area (TPSA) is 78.2 Å². The number of nitrogens with zero attached hydrogens (tertiary/aromatic N) is 1. The maximum Gasteiger partial charge on any atom is 0.339 e. The molecule has 4 heteroatoms. The summed E-state index contributed by atoms with van der Waals surface area (Å²) in [6.45, 7) is 1.20. The van der Waals surface area contributed by atoms with Crippen molar-refractivity contribution in [3.05, 3.63) is 41.0 Å². The third-order valence-corrected chi connectivity index (χ3v) is 1.96. The smallest absolute Gasteiger partial charge is 0.339 e. The lowest BCUT2D eigenvalue weighted by Crippen LogP contribution is -2.08. The first-order chi connectivity index (χ1) is 7.54. The highest BCUT2D eigenvalue weighted by molar-refractivity contribution is 6.19. The van der Waals surface area contributed by atoms with Gasteiger partial charge in [-0.2, -0.15) is 5.26 Å². The fourth-order valence-corrected chi connectivity index (χ4v) is 1.13. The molecule has 0 spiro atoms. The van der Waals surface area contributed by atoms with Crippen molar-refractivity contribution < 1.29 is 14.7 Å². The van der Waals surface area contributed by atoms with Crippen LogP contribution in [0.15, 0.2) is 29.8 Å². The van der Waals surface area contributed by atoms with Crippen LogP contribution in [-0.2, 0) is 9.59 Å². The molecule has 0 bridgehead atoms. The van der Waals surface area contributed by atoms with Gasteiger partial charge in [0.15, 0.2) is 5.78 Å². The Kier molecular flexibility index (Phi) is 3.57. The van der Waals surface area contributed by atoms with Gasteiger partial charge in [-0.15, -0.1) is 0 Å². The highest BCUT2D eigenvalue weighted by Crippen LogP contribution is 2.09. The molecule has 0 aliphatic carbocycles. The number of nitriles is 1. The zero-order valence-corrected chi connectivity index (χ0v) is 8.60. The SMILES string of the molecule is CC(=O)C(=Cc1ccc(C#N)cc1)C(=O)O. The normalized spacial score (nSPS) is 10.6. The van der Waals surface area contributed by atoms with Crippen molar-refractivity contribution in [2.75, 3.05) is 0 Å². The number of carboxylic acids is 1. The molecule has 0 heterocycles. The number of carbonyl (C=O) groups excluding carboxylic acids is 1. The first-order valence-electron chi connectivity index (χ1n) is 4.50. The van der Waals surface area contributed by atoms with Crippen LogP contribution in [0.1, 0.15) is 18.1 Å². The number of aliphatic carboxylic acids is 1. The number of carboxylic acid groups (broad SMARTS) is 1. The number of hydrogen-bond acceptors (Lipinski definition) is 3. The molecule has 1 rings (SSSR count). The Balaban J connectivity index is 3.10. The molecule has 0 aliphatic heterocycles. The van der Waals surface area contributed by atoms with E-state index in [1.165, 1.54) is 13.0 Å². The van der Waals surface area contributed by atoms with Crippen LogP contribution in [0.3, 0.4) is 0 Å². The maximum atomic E-state index is 11.0. The monoisotopic (exact) mass is 215 g/mol. The first-order valence-corrected chi connectivity index (χ1v) is 4.50. The number of rotatable bonds is 3. The number of carbonyl (C=O) groups is 2. The average Bonchev–Trinajstić information content (AvgIpc) is 2.25. The highest BCUT2D eigenvalue weighted by atomic mass is 16.4. The second-order valence-electron chi connectivity index (χ2n) is 3.15. The lowest BCUT2D eigenvalue weighted by atomic mass is 10.1. The molecule has 1 N–H and O–H groups in total. The van der Waals surface area contributed by atoms with Crippen LogP contribution < -0.4 is 0 Å². The van der Waals surface area contributed by atoms with Gasteiger partial charge in [0.2, 0.25) is 0 Å². The number of hydrogen-bond donors (Lipinski definition) is 1. The zero-order chi connectivity index (χ0) is 12.1. The molecule has 0 radical (unpaired) electrons. The molecule has 0 saturated heterocycles. The van der Waals surface area contributed by atoms with Crippen molar-refractivity contribution in [2.45, 2.75) is 6.92 Å². The van der Waals surface area contributed by atoms with Crippen LogP contribution in [0.25, 0.3) is 6.08 Å². The van der Waals surface area contributed by atoms with E-state index in [1.807, 2.05) is 6.07 Å². The number of Topliss-reactive ketones (excluding diaryl/α,β-unsaturated/α-hetero) is 1. The number of benzene rings is 1. The molecule has 0 aromatic heterocycles. The average molecular weight is 215 g/mol. The Morgan fingerprint density at radius 2 is 1.88 bits per heavy atom. The van der Waals surface area contributed by atoms with Crippen molar-refractivity contribution in [1.29, 1.82) is 5.26 Å². The molecular weight excluding hydrogens is 206 g/mol. The Hall–Kier alpha value is -2.41. The predicted octanol–water partition coefficient (Wildman–Crippen LogP) is 1.62. The Morgan fingerprint density at radius 1 is 1.31 bits per heavy atom. The van der Waals surface area contributed by atoms with Crippen molar-refractivity contribution in [3.8, 4) is 6.07 Å². The molecule has 4 nitrogen and oxygen atoms in total. The van der Waals surface area contributed by atoms with E-state index in [0.29, 0.717) is 11.1 Å². The lowest BCUT2D eigenvalue weighted by Gasteiger charge is -1.97. The van der Waals surface area contributed by atoms with E-state index in [2.05, 4.69) is 0 Å². The quantitative estimate of drug-likeness (QED) is 0.472. The molecule has 16 heavy (non-hydrogen) atoms. The van der Waals surface area contributed by atoms with E-state index >= 15 is 0 Å². The van der Waals surface area contributed by atoms with Gasteiger partial charge in [0, 0.05) is 0 Å². The third-order valence-electron chi connectivity index (χ3n) is 1.96. The van der Waals surface area contributed by atoms with Gasteiger partial charge in [-0.25, -0.2) is 4.79 Å². The van der Waals surface area contributed by atoms with Gasteiger partial charge in [0.05, 0.1) is 11.6 Å². The summed E-state index contributed by atoms with van der Waals surface area (Å²) in [7, 11) is 0. The number of ketones is 1. The van der Waals surface area contributed by atoms with Crippen molar-refractivity contribution in [1.82, 2.24) is 0 Å². The van der Waals surface area contributed by atoms with Crippen LogP contribution in [0.5, 0.6) is 0 Å². The van der Waals surface area contributed by atoms with Crippen LogP contribution in [0.4, 0.5) is 0 Å². The van der Waals surface area contributed by atoms with Gasteiger partial charge in [0.25, 0.3) is 0 Å². The molecule has 0 unspecified atom stereocenters. The molecule has 0 saturated carbocycles. The summed E-state index contributed by atoms with van der Waals surface area (Å²) in [5.74, 6) is -1.76. The second-order valence-corrected chi connectivity index (χ2v) is 3.15. The molecule has 1 aromatic carbocycles. The molecule has 0 amide bonds. The van der Waals surface area contributed by atoms with Crippen molar-refractivity contribution in [3.63, 3.8) is 0 Å². The van der Waals surface area contributed by atoms with Gasteiger partial charge >= 0.3 is 5.97 Å². The van der Waals surface area contributed by atoms with Gasteiger partial charge in [0.1, 0.15) is 5.57 Å².